The lowest BCUT2D eigenvalue weighted by Gasteiger charge is -2.17. The van der Waals surface area contributed by atoms with E-state index in [0.717, 1.165) is 38.2 Å². The largest absolute Gasteiger partial charge is 0.489 e. The van der Waals surface area contributed by atoms with E-state index >= 15 is 0 Å². The second kappa shape index (κ2) is 7.89. The Morgan fingerprint density at radius 1 is 0.424 bits per heavy atom. The molecule has 0 atom stereocenters. The standard InChI is InChI=1S/C30H21BO2/c32-31(33)30-27-14-5-3-12-25(27)29(26-13-4-6-15-28(26)30)24-11-7-10-22(19-24)23-17-16-20-8-1-2-9-21(20)18-23/h1-19,32-33H. The van der Waals surface area contributed by atoms with Crippen molar-refractivity contribution < 1.29 is 10.0 Å². The van der Waals surface area contributed by atoms with Gasteiger partial charge in [0.05, 0.1) is 0 Å². The topological polar surface area (TPSA) is 40.5 Å². The molecule has 0 fully saturated rings. The number of hydrogen-bond acceptors (Lipinski definition) is 2. The second-order valence-electron chi connectivity index (χ2n) is 8.40. The first-order chi connectivity index (χ1) is 16.2. The molecule has 0 aliphatic carbocycles. The molecule has 0 spiro atoms. The molecule has 0 aliphatic rings. The van der Waals surface area contributed by atoms with Crippen molar-refractivity contribution in [1.82, 2.24) is 0 Å². The first kappa shape index (κ1) is 19.7. The molecule has 0 heterocycles. The van der Waals surface area contributed by atoms with E-state index in [1.165, 1.54) is 16.3 Å². The Labute approximate surface area is 192 Å². The highest BCUT2D eigenvalue weighted by Gasteiger charge is 2.22. The zero-order valence-electron chi connectivity index (χ0n) is 17.9. The van der Waals surface area contributed by atoms with Gasteiger partial charge in [0, 0.05) is 0 Å². The smallest absolute Gasteiger partial charge is 0.423 e. The third kappa shape index (κ3) is 3.30. The molecule has 0 amide bonds. The SMILES string of the molecule is OB(O)c1c2ccccc2c(-c2cccc(-c3ccc4ccccc4c3)c2)c2ccccc12. The predicted octanol–water partition coefficient (Wildman–Crippen LogP) is 6.16. The molecule has 0 radical (unpaired) electrons. The average molecular weight is 424 g/mol. The van der Waals surface area contributed by atoms with Crippen LogP contribution < -0.4 is 5.46 Å². The van der Waals surface area contributed by atoms with Crippen LogP contribution in [0.1, 0.15) is 0 Å². The molecule has 0 bridgehead atoms. The van der Waals surface area contributed by atoms with E-state index in [9.17, 15) is 10.0 Å². The molecule has 0 aliphatic heterocycles. The van der Waals surface area contributed by atoms with Crippen LogP contribution in [0.15, 0.2) is 115 Å². The van der Waals surface area contributed by atoms with E-state index in [4.69, 9.17) is 0 Å². The zero-order valence-corrected chi connectivity index (χ0v) is 17.9. The van der Waals surface area contributed by atoms with E-state index < -0.39 is 7.12 Å². The van der Waals surface area contributed by atoms with Crippen molar-refractivity contribution >= 4 is 44.9 Å². The number of fused-ring (bicyclic) bond motifs is 3. The summed E-state index contributed by atoms with van der Waals surface area (Å²) >= 11 is 0. The molecule has 0 saturated carbocycles. The van der Waals surface area contributed by atoms with Crippen LogP contribution in [0.25, 0.3) is 54.6 Å². The summed E-state index contributed by atoms with van der Waals surface area (Å²) in [5, 5.41) is 26.6. The van der Waals surface area contributed by atoms with Crippen LogP contribution in [-0.2, 0) is 0 Å². The Balaban J connectivity index is 1.63. The highest BCUT2D eigenvalue weighted by molar-refractivity contribution is 6.66. The summed E-state index contributed by atoms with van der Waals surface area (Å²) in [5.74, 6) is 0. The Bertz CT molecular complexity index is 1600. The van der Waals surface area contributed by atoms with E-state index in [-0.39, 0.29) is 0 Å². The lowest BCUT2D eigenvalue weighted by molar-refractivity contribution is 0.426. The molecule has 33 heavy (non-hydrogen) atoms. The van der Waals surface area contributed by atoms with Crippen LogP contribution in [0.3, 0.4) is 0 Å². The van der Waals surface area contributed by atoms with Gasteiger partial charge >= 0.3 is 7.12 Å². The lowest BCUT2D eigenvalue weighted by atomic mass is 9.72. The molecule has 2 N–H and O–H groups in total. The van der Waals surface area contributed by atoms with Gasteiger partial charge in [-0.3, -0.25) is 0 Å². The molecule has 0 saturated heterocycles. The Kier molecular flexibility index (Phi) is 4.72. The van der Waals surface area contributed by atoms with Crippen LogP contribution in [0, 0.1) is 0 Å². The molecule has 0 aromatic heterocycles. The fourth-order valence-electron chi connectivity index (χ4n) is 4.97. The summed E-state index contributed by atoms with van der Waals surface area (Å²) < 4.78 is 0. The summed E-state index contributed by atoms with van der Waals surface area (Å²) in [6.07, 6.45) is 0. The number of hydrogen-bond donors (Lipinski definition) is 2. The summed E-state index contributed by atoms with van der Waals surface area (Å²) in [6, 6.07) is 39.5. The highest BCUT2D eigenvalue weighted by atomic mass is 16.4. The number of rotatable bonds is 3. The summed E-state index contributed by atoms with van der Waals surface area (Å²) in [5.41, 5.74) is 5.08. The summed E-state index contributed by atoms with van der Waals surface area (Å²) in [4.78, 5) is 0. The van der Waals surface area contributed by atoms with E-state index in [0.29, 0.717) is 5.46 Å². The Morgan fingerprint density at radius 2 is 0.970 bits per heavy atom. The molecule has 156 valence electrons. The average Bonchev–Trinajstić information content (AvgIpc) is 2.86. The summed E-state index contributed by atoms with van der Waals surface area (Å²) in [6.45, 7) is 0. The maximum absolute atomic E-state index is 10.2. The van der Waals surface area contributed by atoms with Gasteiger partial charge in [-0.2, -0.15) is 0 Å². The Morgan fingerprint density at radius 3 is 1.64 bits per heavy atom. The van der Waals surface area contributed by atoms with Crippen LogP contribution in [-0.4, -0.2) is 17.2 Å². The van der Waals surface area contributed by atoms with Crippen molar-refractivity contribution in [3.8, 4) is 22.3 Å². The second-order valence-corrected chi connectivity index (χ2v) is 8.40. The molecule has 2 nitrogen and oxygen atoms in total. The Hall–Kier alpha value is -3.92. The van der Waals surface area contributed by atoms with Gasteiger partial charge in [0.2, 0.25) is 0 Å². The molecule has 6 rings (SSSR count). The van der Waals surface area contributed by atoms with Crippen LogP contribution >= 0.6 is 0 Å². The quantitative estimate of drug-likeness (QED) is 0.264. The monoisotopic (exact) mass is 424 g/mol. The van der Waals surface area contributed by atoms with Gasteiger partial charge in [-0.15, -0.1) is 0 Å². The van der Waals surface area contributed by atoms with Gasteiger partial charge in [0.15, 0.2) is 0 Å². The van der Waals surface area contributed by atoms with E-state index in [1.807, 2.05) is 36.4 Å². The fraction of sp³-hybridized carbons (Fsp3) is 0. The van der Waals surface area contributed by atoms with Crippen LogP contribution in [0.5, 0.6) is 0 Å². The third-order valence-corrected chi connectivity index (χ3v) is 6.47. The van der Waals surface area contributed by atoms with Crippen LogP contribution in [0.4, 0.5) is 0 Å². The first-order valence-corrected chi connectivity index (χ1v) is 11.1. The molecular formula is C30H21BO2. The predicted molar refractivity (Wildman–Crippen MR) is 140 cm³/mol. The van der Waals surface area contributed by atoms with Crippen molar-refractivity contribution in [3.63, 3.8) is 0 Å². The highest BCUT2D eigenvalue weighted by Crippen LogP contribution is 2.37. The third-order valence-electron chi connectivity index (χ3n) is 6.47. The van der Waals surface area contributed by atoms with Crippen molar-refractivity contribution in [2.45, 2.75) is 0 Å². The molecule has 3 heteroatoms. The molecule has 0 unspecified atom stereocenters. The molecule has 6 aromatic carbocycles. The maximum atomic E-state index is 10.2. The number of benzene rings is 6. The van der Waals surface area contributed by atoms with Gasteiger partial charge in [0.1, 0.15) is 0 Å². The first-order valence-electron chi connectivity index (χ1n) is 11.1. The van der Waals surface area contributed by atoms with Gasteiger partial charge in [-0.1, -0.05) is 103 Å². The maximum Gasteiger partial charge on any atom is 0.489 e. The normalized spacial score (nSPS) is 11.3. The fourth-order valence-corrected chi connectivity index (χ4v) is 4.97. The van der Waals surface area contributed by atoms with Gasteiger partial charge in [-0.25, -0.2) is 0 Å². The van der Waals surface area contributed by atoms with Crippen LogP contribution in [0.2, 0.25) is 0 Å². The lowest BCUT2D eigenvalue weighted by Crippen LogP contribution is -2.31. The van der Waals surface area contributed by atoms with Crippen molar-refractivity contribution in [3.05, 3.63) is 115 Å². The van der Waals surface area contributed by atoms with Crippen molar-refractivity contribution in [2.75, 3.05) is 0 Å². The van der Waals surface area contributed by atoms with Gasteiger partial charge in [-0.05, 0) is 72.2 Å². The van der Waals surface area contributed by atoms with Gasteiger partial charge < -0.3 is 10.0 Å². The minimum Gasteiger partial charge on any atom is -0.423 e. The zero-order chi connectivity index (χ0) is 22.4. The van der Waals surface area contributed by atoms with E-state index in [1.54, 1.807) is 0 Å². The van der Waals surface area contributed by atoms with E-state index in [2.05, 4.69) is 78.9 Å². The minimum absolute atomic E-state index is 0.552. The van der Waals surface area contributed by atoms with Crippen molar-refractivity contribution in [2.24, 2.45) is 0 Å². The minimum atomic E-state index is -1.54. The molecular weight excluding hydrogens is 403 g/mol. The summed E-state index contributed by atoms with van der Waals surface area (Å²) in [7, 11) is -1.54. The van der Waals surface area contributed by atoms with Crippen molar-refractivity contribution in [1.29, 1.82) is 0 Å². The molecule has 6 aromatic rings. The van der Waals surface area contributed by atoms with Gasteiger partial charge in [0.25, 0.3) is 0 Å².